The van der Waals surface area contributed by atoms with Crippen LogP contribution >= 0.6 is 11.8 Å². The van der Waals surface area contributed by atoms with Crippen molar-refractivity contribution in [3.63, 3.8) is 0 Å². The second-order valence-electron chi connectivity index (χ2n) is 7.76. The highest BCUT2D eigenvalue weighted by molar-refractivity contribution is 8.00. The third-order valence-electron chi connectivity index (χ3n) is 4.99. The van der Waals surface area contributed by atoms with E-state index in [9.17, 15) is 5.11 Å². The topological polar surface area (TPSA) is 29.5 Å². The number of aliphatic hydroxyl groups excluding tert-OH is 1. The molecule has 0 amide bonds. The van der Waals surface area contributed by atoms with Gasteiger partial charge in [0.2, 0.25) is 0 Å². The maximum absolute atomic E-state index is 9.84. The summed E-state index contributed by atoms with van der Waals surface area (Å²) in [5.74, 6) is 0. The van der Waals surface area contributed by atoms with Gasteiger partial charge < -0.3 is 9.53 Å². The molecule has 1 aliphatic rings. The fourth-order valence-electron chi connectivity index (χ4n) is 3.79. The van der Waals surface area contributed by atoms with E-state index in [0.29, 0.717) is 11.9 Å². The second-order valence-corrected chi connectivity index (χ2v) is 13.6. The smallest absolute Gasteiger partial charge is 0.261 e. The molecule has 0 aromatic heterocycles. The van der Waals surface area contributed by atoms with Crippen molar-refractivity contribution in [1.82, 2.24) is 0 Å². The predicted octanol–water partition coefficient (Wildman–Crippen LogP) is 3.78. The van der Waals surface area contributed by atoms with Gasteiger partial charge in [-0.05, 0) is 28.3 Å². The van der Waals surface area contributed by atoms with Crippen molar-refractivity contribution >= 4 is 30.5 Å². The molecular formula is C21H28O2SSi. The fraction of sp³-hybridized carbons (Fsp3) is 0.429. The molecule has 0 spiro atoms. The van der Waals surface area contributed by atoms with Crippen LogP contribution in [0.5, 0.6) is 0 Å². The van der Waals surface area contributed by atoms with Crippen molar-refractivity contribution in [3.05, 3.63) is 60.7 Å². The minimum atomic E-state index is -2.43. The van der Waals surface area contributed by atoms with Crippen molar-refractivity contribution < 1.29 is 9.53 Å². The first-order valence-corrected chi connectivity index (χ1v) is 11.9. The summed E-state index contributed by atoms with van der Waals surface area (Å²) in [4.78, 5) is 0. The highest BCUT2D eigenvalue weighted by Gasteiger charge is 2.50. The molecule has 1 fully saturated rings. The first-order chi connectivity index (χ1) is 11.9. The second kappa shape index (κ2) is 7.66. The lowest BCUT2D eigenvalue weighted by atomic mass is 10.2. The normalized spacial score (nSPS) is 21.4. The summed E-state index contributed by atoms with van der Waals surface area (Å²) in [5.41, 5.74) is -0.229. The summed E-state index contributed by atoms with van der Waals surface area (Å²) >= 11 is 1.66. The van der Waals surface area contributed by atoms with Gasteiger partial charge in [0.25, 0.3) is 8.32 Å². The van der Waals surface area contributed by atoms with Gasteiger partial charge in [0, 0.05) is 11.9 Å². The molecule has 1 aliphatic heterocycles. The lowest BCUT2D eigenvalue weighted by Gasteiger charge is -2.43. The van der Waals surface area contributed by atoms with Crippen molar-refractivity contribution in [3.8, 4) is 0 Å². The summed E-state index contributed by atoms with van der Waals surface area (Å²) in [6.07, 6.45) is 1.91. The maximum atomic E-state index is 9.84. The van der Waals surface area contributed by atoms with E-state index >= 15 is 0 Å². The molecule has 2 nitrogen and oxygen atoms in total. The third-order valence-corrected chi connectivity index (χ3v) is 11.3. The van der Waals surface area contributed by atoms with Crippen LogP contribution in [0, 0.1) is 0 Å². The van der Waals surface area contributed by atoms with Gasteiger partial charge in [-0.15, -0.1) is 11.8 Å². The van der Waals surface area contributed by atoms with E-state index in [1.165, 1.54) is 10.4 Å². The molecule has 0 radical (unpaired) electrons. The van der Waals surface area contributed by atoms with Gasteiger partial charge >= 0.3 is 0 Å². The summed E-state index contributed by atoms with van der Waals surface area (Å²) in [7, 11) is -2.43. The summed E-state index contributed by atoms with van der Waals surface area (Å²) in [6, 6.07) is 21.5. The molecule has 0 saturated carbocycles. The Morgan fingerprint density at radius 1 is 0.960 bits per heavy atom. The fourth-order valence-corrected chi connectivity index (χ4v) is 9.65. The summed E-state index contributed by atoms with van der Waals surface area (Å²) in [5, 5.41) is 12.9. The molecule has 1 saturated heterocycles. The first-order valence-electron chi connectivity index (χ1n) is 9.02. The zero-order valence-corrected chi connectivity index (χ0v) is 17.1. The Morgan fingerprint density at radius 2 is 1.48 bits per heavy atom. The standard InChI is InChI=1S/C21H28O2SSi/c1-21(2,3)25(18-10-6-4-7-11-18,19-12-8-5-9-13-19)23-16-17-14-15-20(22)24-17/h4-13,17,20,22H,14-16H2,1-3H3/t17-,20?/m0/s1. The van der Waals surface area contributed by atoms with Crippen LogP contribution in [0.2, 0.25) is 5.04 Å². The zero-order valence-electron chi connectivity index (χ0n) is 15.3. The molecule has 4 heteroatoms. The maximum Gasteiger partial charge on any atom is 0.261 e. The van der Waals surface area contributed by atoms with Crippen LogP contribution in [0.25, 0.3) is 0 Å². The molecule has 2 aromatic rings. The Kier molecular flexibility index (Phi) is 5.74. The van der Waals surface area contributed by atoms with Gasteiger partial charge in [-0.3, -0.25) is 0 Å². The van der Waals surface area contributed by atoms with Crippen LogP contribution in [0.15, 0.2) is 60.7 Å². The van der Waals surface area contributed by atoms with Gasteiger partial charge in [0.05, 0.1) is 5.44 Å². The Morgan fingerprint density at radius 3 is 1.88 bits per heavy atom. The van der Waals surface area contributed by atoms with Crippen LogP contribution in [0.4, 0.5) is 0 Å². The average molecular weight is 373 g/mol. The van der Waals surface area contributed by atoms with Gasteiger partial charge in [0.1, 0.15) is 0 Å². The van der Waals surface area contributed by atoms with E-state index in [4.69, 9.17) is 4.43 Å². The van der Waals surface area contributed by atoms with Crippen molar-refractivity contribution in [2.45, 2.75) is 49.3 Å². The molecule has 0 bridgehead atoms. The lowest BCUT2D eigenvalue weighted by Crippen LogP contribution is -2.67. The highest BCUT2D eigenvalue weighted by atomic mass is 32.2. The van der Waals surface area contributed by atoms with Gasteiger partial charge in [-0.2, -0.15) is 0 Å². The Bertz CT molecular complexity index is 630. The zero-order chi connectivity index (χ0) is 17.9. The highest BCUT2D eigenvalue weighted by Crippen LogP contribution is 2.39. The molecule has 1 heterocycles. The van der Waals surface area contributed by atoms with Crippen LogP contribution in [0.1, 0.15) is 33.6 Å². The molecule has 0 aliphatic carbocycles. The number of benzene rings is 2. The predicted molar refractivity (Wildman–Crippen MR) is 110 cm³/mol. The molecule has 2 aromatic carbocycles. The molecular weight excluding hydrogens is 344 g/mol. The van der Waals surface area contributed by atoms with Crippen molar-refractivity contribution in [2.24, 2.45) is 0 Å². The van der Waals surface area contributed by atoms with E-state index in [1.54, 1.807) is 11.8 Å². The molecule has 1 unspecified atom stereocenters. The molecule has 25 heavy (non-hydrogen) atoms. The lowest BCUT2D eigenvalue weighted by molar-refractivity contribution is 0.256. The van der Waals surface area contributed by atoms with Crippen LogP contribution in [0.3, 0.4) is 0 Å². The van der Waals surface area contributed by atoms with Crippen LogP contribution < -0.4 is 10.4 Å². The Labute approximate surface area is 156 Å². The number of rotatable bonds is 5. The summed E-state index contributed by atoms with van der Waals surface area (Å²) in [6.45, 7) is 7.61. The van der Waals surface area contributed by atoms with Crippen molar-refractivity contribution in [1.29, 1.82) is 0 Å². The number of aliphatic hydroxyl groups is 1. The van der Waals surface area contributed by atoms with E-state index in [2.05, 4.69) is 81.4 Å². The van der Waals surface area contributed by atoms with Gasteiger partial charge in [0.15, 0.2) is 0 Å². The average Bonchev–Trinajstić information content (AvgIpc) is 3.02. The Balaban J connectivity index is 2.02. The number of thioether (sulfide) groups is 1. The van der Waals surface area contributed by atoms with Crippen LogP contribution in [-0.2, 0) is 4.43 Å². The molecule has 134 valence electrons. The van der Waals surface area contributed by atoms with E-state index < -0.39 is 8.32 Å². The quantitative estimate of drug-likeness (QED) is 0.810. The van der Waals surface area contributed by atoms with E-state index in [1.807, 2.05) is 0 Å². The number of hydrogen-bond donors (Lipinski definition) is 1. The van der Waals surface area contributed by atoms with Crippen LogP contribution in [-0.4, -0.2) is 30.7 Å². The molecule has 1 N–H and O–H groups in total. The largest absolute Gasteiger partial charge is 0.406 e. The van der Waals surface area contributed by atoms with Gasteiger partial charge in [-0.25, -0.2) is 0 Å². The van der Waals surface area contributed by atoms with Gasteiger partial charge in [-0.1, -0.05) is 81.4 Å². The first kappa shape index (κ1) is 18.7. The van der Waals surface area contributed by atoms with Crippen molar-refractivity contribution in [2.75, 3.05) is 6.61 Å². The van der Waals surface area contributed by atoms with E-state index in [-0.39, 0.29) is 10.5 Å². The van der Waals surface area contributed by atoms with E-state index in [0.717, 1.165) is 12.8 Å². The Hall–Kier alpha value is -1.07. The SMILES string of the molecule is CC(C)(C)[Si](OC[C@@H]1CCC(O)S1)(c1ccccc1)c1ccccc1. The molecule has 2 atom stereocenters. The summed E-state index contributed by atoms with van der Waals surface area (Å²) < 4.78 is 6.91. The number of hydrogen-bond acceptors (Lipinski definition) is 3. The minimum Gasteiger partial charge on any atom is -0.406 e. The molecule has 3 rings (SSSR count). The third kappa shape index (κ3) is 3.87. The monoisotopic (exact) mass is 372 g/mol. The minimum absolute atomic E-state index is 0.0115.